The molecule has 0 saturated heterocycles. The van der Waals surface area contributed by atoms with Crippen LogP contribution in [0, 0.1) is 5.41 Å². The van der Waals surface area contributed by atoms with Crippen LogP contribution in [0.4, 0.5) is 0 Å². The summed E-state index contributed by atoms with van der Waals surface area (Å²) in [5.74, 6) is 0.0906. The lowest BCUT2D eigenvalue weighted by Crippen LogP contribution is -2.41. The van der Waals surface area contributed by atoms with Crippen molar-refractivity contribution in [1.82, 2.24) is 0 Å². The van der Waals surface area contributed by atoms with Gasteiger partial charge in [0.15, 0.2) is 11.6 Å². The minimum Gasteiger partial charge on any atom is -0.319 e. The van der Waals surface area contributed by atoms with Crippen LogP contribution in [0.25, 0.3) is 0 Å². The average Bonchev–Trinajstić information content (AvgIpc) is 2.85. The minimum atomic E-state index is -0.893. The highest BCUT2D eigenvalue weighted by molar-refractivity contribution is 6.02. The molecule has 2 aromatic carbocycles. The second-order valence-electron chi connectivity index (χ2n) is 11.4. The Bertz CT molecular complexity index is 1000. The van der Waals surface area contributed by atoms with Crippen molar-refractivity contribution < 1.29 is 9.59 Å². The molecule has 0 amide bonds. The third-order valence-corrected chi connectivity index (χ3v) is 6.45. The topological polar surface area (TPSA) is 60.2 Å². The molecular weight excluding hydrogens is 370 g/mol. The van der Waals surface area contributed by atoms with Crippen LogP contribution in [0.3, 0.4) is 0 Å². The fourth-order valence-electron chi connectivity index (χ4n) is 4.86. The molecule has 0 bridgehead atoms. The number of carbonyl (C=O) groups excluding carboxylic acids is 2. The zero-order chi connectivity index (χ0) is 22.7. The Hall–Kier alpha value is -2.26. The van der Waals surface area contributed by atoms with Crippen molar-refractivity contribution >= 4 is 11.6 Å². The van der Waals surface area contributed by atoms with Crippen molar-refractivity contribution in [3.05, 3.63) is 70.3 Å². The molecule has 160 valence electrons. The van der Waals surface area contributed by atoms with Gasteiger partial charge in [0, 0.05) is 22.0 Å². The molecule has 1 aliphatic rings. The quantitative estimate of drug-likeness (QED) is 0.652. The second kappa shape index (κ2) is 6.88. The summed E-state index contributed by atoms with van der Waals surface area (Å²) in [6, 6.07) is 14.1. The highest BCUT2D eigenvalue weighted by Crippen LogP contribution is 2.53. The van der Waals surface area contributed by atoms with Crippen LogP contribution in [0.2, 0.25) is 0 Å². The van der Waals surface area contributed by atoms with E-state index in [0.717, 1.165) is 17.5 Å². The number of ketones is 2. The summed E-state index contributed by atoms with van der Waals surface area (Å²) >= 11 is 0. The average molecular weight is 406 g/mol. The largest absolute Gasteiger partial charge is 0.319 e. The number of rotatable bonds is 4. The summed E-state index contributed by atoms with van der Waals surface area (Å²) in [6.45, 7) is 16.1. The number of hydrogen-bond acceptors (Lipinski definition) is 3. The van der Waals surface area contributed by atoms with Crippen molar-refractivity contribution in [3.63, 3.8) is 0 Å². The Morgan fingerprint density at radius 3 is 1.83 bits per heavy atom. The van der Waals surface area contributed by atoms with Gasteiger partial charge in [0.05, 0.1) is 5.54 Å². The van der Waals surface area contributed by atoms with Gasteiger partial charge in [-0.1, -0.05) is 77.9 Å². The van der Waals surface area contributed by atoms with E-state index in [1.165, 1.54) is 11.1 Å². The van der Waals surface area contributed by atoms with Gasteiger partial charge in [-0.25, -0.2) is 0 Å². The van der Waals surface area contributed by atoms with Crippen molar-refractivity contribution in [1.29, 1.82) is 0 Å². The molecular formula is C27H35NO2. The van der Waals surface area contributed by atoms with Crippen LogP contribution in [0.1, 0.15) is 99.2 Å². The molecule has 0 heterocycles. The van der Waals surface area contributed by atoms with E-state index in [9.17, 15) is 9.59 Å². The lowest BCUT2D eigenvalue weighted by molar-refractivity contribution is 0.0857. The van der Waals surface area contributed by atoms with E-state index in [4.69, 9.17) is 5.73 Å². The van der Waals surface area contributed by atoms with Gasteiger partial charge < -0.3 is 5.73 Å². The van der Waals surface area contributed by atoms with Gasteiger partial charge in [0.2, 0.25) is 0 Å². The molecule has 1 unspecified atom stereocenters. The van der Waals surface area contributed by atoms with E-state index in [-0.39, 0.29) is 22.4 Å². The SMILES string of the molecule is CC(C)(C)C(=O)c1ccc2c(c1)C(C)(c1ccc(C(=O)C(C)(C)N)cc1)CC2(C)C. The number of carbonyl (C=O) groups is 2. The van der Waals surface area contributed by atoms with E-state index < -0.39 is 11.0 Å². The Kier molecular flexibility index (Phi) is 5.14. The number of fused-ring (bicyclic) bond motifs is 1. The minimum absolute atomic E-state index is 0.00112. The molecule has 0 fully saturated rings. The molecule has 1 aliphatic carbocycles. The molecule has 30 heavy (non-hydrogen) atoms. The van der Waals surface area contributed by atoms with Crippen LogP contribution < -0.4 is 5.73 Å². The summed E-state index contributed by atoms with van der Waals surface area (Å²) < 4.78 is 0. The predicted octanol–water partition coefficient (Wildman–Crippen LogP) is 5.82. The third-order valence-electron chi connectivity index (χ3n) is 6.45. The fourth-order valence-corrected chi connectivity index (χ4v) is 4.86. The van der Waals surface area contributed by atoms with E-state index in [1.807, 2.05) is 51.1 Å². The van der Waals surface area contributed by atoms with Gasteiger partial charge in [-0.05, 0) is 48.4 Å². The van der Waals surface area contributed by atoms with E-state index >= 15 is 0 Å². The maximum absolute atomic E-state index is 12.9. The molecule has 0 aliphatic heterocycles. The molecule has 0 saturated carbocycles. The monoisotopic (exact) mass is 405 g/mol. The zero-order valence-corrected chi connectivity index (χ0v) is 19.6. The summed E-state index contributed by atoms with van der Waals surface area (Å²) in [5.41, 5.74) is 9.50. The lowest BCUT2D eigenvalue weighted by atomic mass is 9.74. The first-order valence-corrected chi connectivity index (χ1v) is 10.7. The Balaban J connectivity index is 2.09. The number of nitrogens with two attached hydrogens (primary N) is 1. The van der Waals surface area contributed by atoms with Crippen molar-refractivity contribution in [2.75, 3.05) is 0 Å². The van der Waals surface area contributed by atoms with Crippen LogP contribution in [0.5, 0.6) is 0 Å². The van der Waals surface area contributed by atoms with Crippen molar-refractivity contribution in [3.8, 4) is 0 Å². The van der Waals surface area contributed by atoms with Gasteiger partial charge in [-0.2, -0.15) is 0 Å². The lowest BCUT2D eigenvalue weighted by Gasteiger charge is -2.29. The number of Topliss-reactive ketones (excluding diaryl/α,β-unsaturated/α-hetero) is 2. The van der Waals surface area contributed by atoms with Crippen LogP contribution in [-0.4, -0.2) is 17.1 Å². The van der Waals surface area contributed by atoms with E-state index in [1.54, 1.807) is 13.8 Å². The normalized spacial score (nSPS) is 20.7. The maximum atomic E-state index is 12.9. The Labute approximate surface area is 181 Å². The van der Waals surface area contributed by atoms with Crippen LogP contribution in [0.15, 0.2) is 42.5 Å². The Morgan fingerprint density at radius 1 is 0.800 bits per heavy atom. The molecule has 1 atom stereocenters. The molecule has 0 spiro atoms. The summed E-state index contributed by atoms with van der Waals surface area (Å²) in [6.07, 6.45) is 0.943. The smallest absolute Gasteiger partial charge is 0.182 e. The van der Waals surface area contributed by atoms with E-state index in [2.05, 4.69) is 32.9 Å². The summed E-state index contributed by atoms with van der Waals surface area (Å²) in [7, 11) is 0. The van der Waals surface area contributed by atoms with Gasteiger partial charge in [-0.3, -0.25) is 9.59 Å². The predicted molar refractivity (Wildman–Crippen MR) is 123 cm³/mol. The van der Waals surface area contributed by atoms with Crippen LogP contribution >= 0.6 is 0 Å². The highest BCUT2D eigenvalue weighted by Gasteiger charge is 2.46. The van der Waals surface area contributed by atoms with Crippen molar-refractivity contribution in [2.24, 2.45) is 11.1 Å². The third kappa shape index (κ3) is 3.76. The Morgan fingerprint density at radius 2 is 1.33 bits per heavy atom. The number of benzene rings is 2. The summed E-state index contributed by atoms with van der Waals surface area (Å²) in [4.78, 5) is 25.5. The second-order valence-corrected chi connectivity index (χ2v) is 11.4. The molecule has 3 rings (SSSR count). The molecule has 2 aromatic rings. The first-order chi connectivity index (χ1) is 13.6. The molecule has 3 heteroatoms. The first-order valence-electron chi connectivity index (χ1n) is 10.7. The van der Waals surface area contributed by atoms with Gasteiger partial charge >= 0.3 is 0 Å². The summed E-state index contributed by atoms with van der Waals surface area (Å²) in [5, 5.41) is 0. The van der Waals surface area contributed by atoms with Crippen LogP contribution in [-0.2, 0) is 10.8 Å². The standard InChI is InChI=1S/C27H35NO2/c1-24(2,3)22(29)18-11-14-20-21(15-18)27(8,16-25(20,4)5)19-12-9-17(10-13-19)23(30)26(6,7)28/h9-15H,16,28H2,1-8H3. The number of hydrogen-bond donors (Lipinski definition) is 1. The van der Waals surface area contributed by atoms with Gasteiger partial charge in [0.1, 0.15) is 0 Å². The highest BCUT2D eigenvalue weighted by atomic mass is 16.1. The molecule has 3 nitrogen and oxygen atoms in total. The fraction of sp³-hybridized carbons (Fsp3) is 0.481. The molecule has 2 N–H and O–H groups in total. The van der Waals surface area contributed by atoms with Gasteiger partial charge in [-0.15, -0.1) is 0 Å². The van der Waals surface area contributed by atoms with Crippen molar-refractivity contribution in [2.45, 2.75) is 78.2 Å². The maximum Gasteiger partial charge on any atom is 0.182 e. The molecule has 0 radical (unpaired) electrons. The zero-order valence-electron chi connectivity index (χ0n) is 19.6. The molecule has 0 aromatic heterocycles. The van der Waals surface area contributed by atoms with E-state index in [0.29, 0.717) is 5.56 Å². The first kappa shape index (κ1) is 22.4. The van der Waals surface area contributed by atoms with Gasteiger partial charge in [0.25, 0.3) is 0 Å².